The molecular weight excluding hydrogens is 340 g/mol. The van der Waals surface area contributed by atoms with Crippen molar-refractivity contribution in [1.29, 1.82) is 0 Å². The lowest BCUT2D eigenvalue weighted by Crippen LogP contribution is -2.42. The maximum atomic E-state index is 12.1. The van der Waals surface area contributed by atoms with Crippen molar-refractivity contribution in [3.8, 4) is 0 Å². The number of amides is 1. The first kappa shape index (κ1) is 18.9. The monoisotopic (exact) mass is 372 g/mol. The van der Waals surface area contributed by atoms with Gasteiger partial charge in [0.2, 0.25) is 5.91 Å². The Balaban J connectivity index is 1.35. The van der Waals surface area contributed by atoms with Gasteiger partial charge in [0, 0.05) is 51.0 Å². The number of likely N-dealkylation sites (tertiary alicyclic amines) is 1. The van der Waals surface area contributed by atoms with Crippen LogP contribution in [0, 0.1) is 18.8 Å². The van der Waals surface area contributed by atoms with E-state index in [4.69, 9.17) is 9.47 Å². The summed E-state index contributed by atoms with van der Waals surface area (Å²) in [5.41, 5.74) is 2.79. The van der Waals surface area contributed by atoms with Crippen molar-refractivity contribution in [3.63, 3.8) is 0 Å². The van der Waals surface area contributed by atoms with Crippen LogP contribution >= 0.6 is 0 Å². The van der Waals surface area contributed by atoms with Crippen LogP contribution < -0.4 is 5.32 Å². The molecule has 0 saturated carbocycles. The third-order valence-corrected chi connectivity index (χ3v) is 6.72. The molecule has 0 aromatic heterocycles. The molecule has 4 rings (SSSR count). The molecule has 1 aromatic carbocycles. The number of hydrogen-bond donors (Lipinski definition) is 1. The summed E-state index contributed by atoms with van der Waals surface area (Å²) in [6.07, 6.45) is 3.07. The van der Waals surface area contributed by atoms with Crippen LogP contribution in [0.15, 0.2) is 24.3 Å². The van der Waals surface area contributed by atoms with Gasteiger partial charge in [-0.25, -0.2) is 0 Å². The highest BCUT2D eigenvalue weighted by atomic mass is 16.5. The van der Waals surface area contributed by atoms with Gasteiger partial charge < -0.3 is 14.8 Å². The van der Waals surface area contributed by atoms with E-state index in [-0.39, 0.29) is 11.5 Å². The topological polar surface area (TPSA) is 50.8 Å². The third kappa shape index (κ3) is 3.78. The summed E-state index contributed by atoms with van der Waals surface area (Å²) in [7, 11) is 0. The quantitative estimate of drug-likeness (QED) is 0.713. The molecular formula is C22H32N2O3. The Kier molecular flexibility index (Phi) is 5.53. The van der Waals surface area contributed by atoms with Crippen molar-refractivity contribution in [1.82, 2.24) is 10.2 Å². The van der Waals surface area contributed by atoms with E-state index in [9.17, 15) is 4.79 Å². The van der Waals surface area contributed by atoms with Crippen molar-refractivity contribution >= 4 is 5.91 Å². The molecule has 0 radical (unpaired) electrons. The van der Waals surface area contributed by atoms with E-state index in [1.807, 2.05) is 6.92 Å². The van der Waals surface area contributed by atoms with Crippen LogP contribution in [-0.2, 0) is 20.8 Å². The molecule has 3 aliphatic rings. The zero-order chi connectivity index (χ0) is 18.9. The van der Waals surface area contributed by atoms with Gasteiger partial charge in [0.25, 0.3) is 0 Å². The number of carbonyl (C=O) groups excluding carboxylic acids is 1. The van der Waals surface area contributed by atoms with Gasteiger partial charge in [-0.3, -0.25) is 9.69 Å². The van der Waals surface area contributed by atoms with Crippen LogP contribution in [0.2, 0.25) is 0 Å². The van der Waals surface area contributed by atoms with Crippen molar-refractivity contribution in [2.75, 3.05) is 32.8 Å². The average Bonchev–Trinajstić information content (AvgIpc) is 3.30. The number of ether oxygens (including phenoxy) is 2. The van der Waals surface area contributed by atoms with Crippen molar-refractivity contribution in [3.05, 3.63) is 35.4 Å². The van der Waals surface area contributed by atoms with Gasteiger partial charge in [0.15, 0.2) is 0 Å². The Labute approximate surface area is 162 Å². The Hall–Kier alpha value is -1.43. The van der Waals surface area contributed by atoms with E-state index in [0.29, 0.717) is 37.6 Å². The van der Waals surface area contributed by atoms with Gasteiger partial charge in [0.1, 0.15) is 0 Å². The minimum atomic E-state index is 0.0219. The van der Waals surface area contributed by atoms with E-state index in [2.05, 4.69) is 41.4 Å². The van der Waals surface area contributed by atoms with E-state index in [1.165, 1.54) is 17.5 Å². The molecule has 0 aliphatic carbocycles. The highest BCUT2D eigenvalue weighted by molar-refractivity contribution is 5.75. The summed E-state index contributed by atoms with van der Waals surface area (Å²) in [6, 6.07) is 8.65. The largest absolute Gasteiger partial charge is 0.381 e. The fourth-order valence-electron chi connectivity index (χ4n) is 5.34. The third-order valence-electron chi connectivity index (χ3n) is 6.72. The molecule has 0 unspecified atom stereocenters. The van der Waals surface area contributed by atoms with E-state index in [1.54, 1.807) is 0 Å². The molecule has 5 heteroatoms. The molecule has 3 heterocycles. The molecule has 148 valence electrons. The zero-order valence-corrected chi connectivity index (χ0v) is 16.6. The van der Waals surface area contributed by atoms with Gasteiger partial charge in [0.05, 0.1) is 18.3 Å². The second-order valence-electron chi connectivity index (χ2n) is 8.38. The summed E-state index contributed by atoms with van der Waals surface area (Å²) in [4.78, 5) is 14.6. The summed E-state index contributed by atoms with van der Waals surface area (Å²) < 4.78 is 11.8. The highest BCUT2D eigenvalue weighted by Crippen LogP contribution is 2.54. The van der Waals surface area contributed by atoms with Gasteiger partial charge >= 0.3 is 0 Å². The summed E-state index contributed by atoms with van der Waals surface area (Å²) in [6.45, 7) is 9.13. The molecule has 4 atom stereocenters. The number of hydrogen-bond acceptors (Lipinski definition) is 4. The molecule has 1 spiro atoms. The summed E-state index contributed by atoms with van der Waals surface area (Å²) in [5.74, 6) is 1.07. The number of aryl methyl sites for hydroxylation is 1. The van der Waals surface area contributed by atoms with E-state index in [0.717, 1.165) is 32.6 Å². The first-order valence-corrected chi connectivity index (χ1v) is 10.4. The Bertz CT molecular complexity index is 679. The molecule has 3 aliphatic heterocycles. The van der Waals surface area contributed by atoms with Crippen molar-refractivity contribution in [2.24, 2.45) is 11.8 Å². The standard InChI is InChI=1S/C22H32N2O3/c1-3-26-11-9-21(25)23-12-18-19-14-24(13-17-7-5-4-6-16(17)2)15-22(19)10-8-20(18)27-22/h4-7,18-20H,3,8-15H2,1-2H3,(H,23,25)/t18-,19+,20+,22+/m0/s1. The molecule has 2 bridgehead atoms. The van der Waals surface area contributed by atoms with E-state index >= 15 is 0 Å². The zero-order valence-electron chi connectivity index (χ0n) is 16.6. The molecule has 1 aromatic rings. The molecule has 27 heavy (non-hydrogen) atoms. The Morgan fingerprint density at radius 3 is 3.07 bits per heavy atom. The fourth-order valence-corrected chi connectivity index (χ4v) is 5.34. The van der Waals surface area contributed by atoms with Crippen LogP contribution in [0.4, 0.5) is 0 Å². The number of benzene rings is 1. The fraction of sp³-hybridized carbons (Fsp3) is 0.682. The van der Waals surface area contributed by atoms with Gasteiger partial charge in [-0.1, -0.05) is 24.3 Å². The number of nitrogens with zero attached hydrogens (tertiary/aromatic N) is 1. The molecule has 1 N–H and O–H groups in total. The Morgan fingerprint density at radius 2 is 2.26 bits per heavy atom. The Morgan fingerprint density at radius 1 is 1.41 bits per heavy atom. The lowest BCUT2D eigenvalue weighted by molar-refractivity contribution is -0.122. The van der Waals surface area contributed by atoms with Gasteiger partial charge in [-0.05, 0) is 37.8 Å². The number of fused-ring (bicyclic) bond motifs is 1. The van der Waals surface area contributed by atoms with Crippen LogP contribution in [0.3, 0.4) is 0 Å². The highest BCUT2D eigenvalue weighted by Gasteiger charge is 2.62. The first-order valence-electron chi connectivity index (χ1n) is 10.4. The molecule has 3 fully saturated rings. The second-order valence-corrected chi connectivity index (χ2v) is 8.38. The second kappa shape index (κ2) is 7.90. The van der Waals surface area contributed by atoms with Crippen LogP contribution in [0.1, 0.15) is 37.3 Å². The lowest BCUT2D eigenvalue weighted by Gasteiger charge is -2.29. The molecule has 5 nitrogen and oxygen atoms in total. The van der Waals surface area contributed by atoms with Crippen molar-refractivity contribution < 1.29 is 14.3 Å². The van der Waals surface area contributed by atoms with Crippen LogP contribution in [0.5, 0.6) is 0 Å². The predicted octanol–water partition coefficient (Wildman–Crippen LogP) is 2.52. The predicted molar refractivity (Wildman–Crippen MR) is 104 cm³/mol. The smallest absolute Gasteiger partial charge is 0.222 e. The minimum Gasteiger partial charge on any atom is -0.381 e. The molecule has 3 saturated heterocycles. The van der Waals surface area contributed by atoms with Gasteiger partial charge in [-0.15, -0.1) is 0 Å². The number of nitrogens with one attached hydrogen (secondary N) is 1. The van der Waals surface area contributed by atoms with Gasteiger partial charge in [-0.2, -0.15) is 0 Å². The summed E-state index contributed by atoms with van der Waals surface area (Å²) >= 11 is 0. The number of carbonyl (C=O) groups is 1. The van der Waals surface area contributed by atoms with Crippen LogP contribution in [0.25, 0.3) is 0 Å². The maximum Gasteiger partial charge on any atom is 0.222 e. The number of rotatable bonds is 8. The van der Waals surface area contributed by atoms with Crippen LogP contribution in [-0.4, -0.2) is 55.4 Å². The van der Waals surface area contributed by atoms with E-state index < -0.39 is 0 Å². The minimum absolute atomic E-state index is 0.0219. The normalized spacial score (nSPS) is 32.0. The first-order chi connectivity index (χ1) is 13.1. The lowest BCUT2D eigenvalue weighted by atomic mass is 9.73. The van der Waals surface area contributed by atoms with Crippen molar-refractivity contribution in [2.45, 2.75) is 51.4 Å². The average molecular weight is 373 g/mol. The maximum absolute atomic E-state index is 12.1. The SMILES string of the molecule is CCOCCC(=O)NC[C@H]1[C@H]2CN(Cc3ccccc3C)C[C@]23CC[C@H]1O3. The summed E-state index contributed by atoms with van der Waals surface area (Å²) in [5, 5.41) is 3.13. The molecule has 1 amide bonds.